The number of carbonyl (C=O) groups excluding carboxylic acids is 1. The van der Waals surface area contributed by atoms with Crippen molar-refractivity contribution in [2.75, 3.05) is 20.0 Å². The van der Waals surface area contributed by atoms with Crippen LogP contribution < -0.4 is 9.47 Å². The Kier molecular flexibility index (Phi) is 5.67. The van der Waals surface area contributed by atoms with E-state index in [4.69, 9.17) is 32.7 Å². The van der Waals surface area contributed by atoms with Crippen LogP contribution in [0.3, 0.4) is 0 Å². The van der Waals surface area contributed by atoms with E-state index in [0.717, 1.165) is 11.1 Å². The zero-order chi connectivity index (χ0) is 18.0. The van der Waals surface area contributed by atoms with Crippen molar-refractivity contribution in [1.29, 1.82) is 0 Å². The number of halogens is 2. The topological polar surface area (TPSA) is 38.8 Å². The zero-order valence-electron chi connectivity index (χ0n) is 13.8. The van der Waals surface area contributed by atoms with Crippen LogP contribution in [0.15, 0.2) is 36.4 Å². The molecule has 0 saturated carbocycles. The zero-order valence-corrected chi connectivity index (χ0v) is 16.1. The molecule has 0 spiro atoms. The largest absolute Gasteiger partial charge is 0.496 e. The SMILES string of the molecule is COc1cccc(OC)c1C1SCC(=O)N1Cc1ccc(Cl)c(Cl)c1. The monoisotopic (exact) mass is 397 g/mol. The van der Waals surface area contributed by atoms with Gasteiger partial charge in [0.25, 0.3) is 0 Å². The van der Waals surface area contributed by atoms with E-state index in [9.17, 15) is 4.79 Å². The van der Waals surface area contributed by atoms with Gasteiger partial charge in [-0.15, -0.1) is 11.8 Å². The molecule has 1 saturated heterocycles. The lowest BCUT2D eigenvalue weighted by Gasteiger charge is -2.27. The first-order chi connectivity index (χ1) is 12.0. The molecule has 0 aliphatic carbocycles. The third kappa shape index (κ3) is 3.68. The average molecular weight is 398 g/mol. The standard InChI is InChI=1S/C18H17Cl2NO3S/c1-23-14-4-3-5-15(24-2)17(14)18-21(16(22)10-25-18)9-11-6-7-12(19)13(20)8-11/h3-8,18H,9-10H2,1-2H3. The van der Waals surface area contributed by atoms with Crippen molar-refractivity contribution in [3.63, 3.8) is 0 Å². The van der Waals surface area contributed by atoms with Gasteiger partial charge in [-0.05, 0) is 29.8 Å². The maximum atomic E-state index is 12.5. The first-order valence-electron chi connectivity index (χ1n) is 7.61. The molecule has 25 heavy (non-hydrogen) atoms. The number of benzene rings is 2. The van der Waals surface area contributed by atoms with Gasteiger partial charge in [0, 0.05) is 6.54 Å². The molecular formula is C18H17Cl2NO3S. The highest BCUT2D eigenvalue weighted by Crippen LogP contribution is 2.47. The second kappa shape index (κ2) is 7.77. The fourth-order valence-electron chi connectivity index (χ4n) is 2.82. The Balaban J connectivity index is 1.96. The van der Waals surface area contributed by atoms with Crippen LogP contribution in [0.2, 0.25) is 10.0 Å². The van der Waals surface area contributed by atoms with Gasteiger partial charge >= 0.3 is 0 Å². The Morgan fingerprint density at radius 1 is 1.12 bits per heavy atom. The molecule has 0 aromatic heterocycles. The Hall–Kier alpha value is -1.56. The van der Waals surface area contributed by atoms with Crippen molar-refractivity contribution < 1.29 is 14.3 Å². The molecule has 0 N–H and O–H groups in total. The summed E-state index contributed by atoms with van der Waals surface area (Å²) in [5, 5.41) is 0.786. The Bertz CT molecular complexity index is 778. The van der Waals surface area contributed by atoms with Gasteiger partial charge in [-0.2, -0.15) is 0 Å². The van der Waals surface area contributed by atoms with Crippen molar-refractivity contribution in [3.8, 4) is 11.5 Å². The van der Waals surface area contributed by atoms with Crippen LogP contribution in [0, 0.1) is 0 Å². The van der Waals surface area contributed by atoms with Crippen molar-refractivity contribution in [2.45, 2.75) is 11.9 Å². The van der Waals surface area contributed by atoms with E-state index >= 15 is 0 Å². The fraction of sp³-hybridized carbons (Fsp3) is 0.278. The predicted octanol–water partition coefficient (Wildman–Crippen LogP) is 4.78. The number of rotatable bonds is 5. The van der Waals surface area contributed by atoms with Crippen LogP contribution in [0.25, 0.3) is 0 Å². The molecule has 1 amide bonds. The smallest absolute Gasteiger partial charge is 0.234 e. The lowest BCUT2D eigenvalue weighted by Crippen LogP contribution is -2.28. The van der Waals surface area contributed by atoms with Gasteiger partial charge < -0.3 is 14.4 Å². The Morgan fingerprint density at radius 3 is 2.40 bits per heavy atom. The van der Waals surface area contributed by atoms with E-state index in [2.05, 4.69) is 0 Å². The molecule has 1 aliphatic heterocycles. The molecule has 1 fully saturated rings. The molecule has 2 aromatic carbocycles. The van der Waals surface area contributed by atoms with Crippen LogP contribution in [-0.2, 0) is 11.3 Å². The van der Waals surface area contributed by atoms with Crippen molar-refractivity contribution in [3.05, 3.63) is 57.6 Å². The fourth-order valence-corrected chi connectivity index (χ4v) is 4.38. The van der Waals surface area contributed by atoms with Crippen molar-refractivity contribution >= 4 is 40.9 Å². The third-order valence-corrected chi connectivity index (χ3v) is 5.98. The van der Waals surface area contributed by atoms with E-state index in [1.807, 2.05) is 29.2 Å². The lowest BCUT2D eigenvalue weighted by atomic mass is 10.1. The Morgan fingerprint density at radius 2 is 1.80 bits per heavy atom. The third-order valence-electron chi connectivity index (χ3n) is 4.02. The molecule has 1 heterocycles. The van der Waals surface area contributed by atoms with E-state index in [0.29, 0.717) is 33.8 Å². The van der Waals surface area contributed by atoms with Gasteiger partial charge in [-0.1, -0.05) is 35.3 Å². The number of ether oxygens (including phenoxy) is 2. The second-order valence-electron chi connectivity index (χ2n) is 5.51. The normalized spacial score (nSPS) is 17.0. The molecule has 1 unspecified atom stereocenters. The highest BCUT2D eigenvalue weighted by atomic mass is 35.5. The predicted molar refractivity (Wildman–Crippen MR) is 102 cm³/mol. The van der Waals surface area contributed by atoms with Gasteiger partial charge in [0.2, 0.25) is 5.91 Å². The number of hydrogen-bond donors (Lipinski definition) is 0. The number of thioether (sulfide) groups is 1. The summed E-state index contributed by atoms with van der Waals surface area (Å²) in [6, 6.07) is 11.0. The minimum Gasteiger partial charge on any atom is -0.496 e. The van der Waals surface area contributed by atoms with Gasteiger partial charge in [-0.3, -0.25) is 4.79 Å². The summed E-state index contributed by atoms with van der Waals surface area (Å²) in [5.74, 6) is 1.87. The van der Waals surface area contributed by atoms with Gasteiger partial charge in [0.15, 0.2) is 0 Å². The van der Waals surface area contributed by atoms with Gasteiger partial charge in [0.05, 0.1) is 35.6 Å². The number of hydrogen-bond acceptors (Lipinski definition) is 4. The summed E-state index contributed by atoms with van der Waals surface area (Å²) in [5.41, 5.74) is 1.78. The minimum atomic E-state index is -0.187. The molecular weight excluding hydrogens is 381 g/mol. The first kappa shape index (κ1) is 18.2. The van der Waals surface area contributed by atoms with Crippen LogP contribution in [-0.4, -0.2) is 30.8 Å². The van der Waals surface area contributed by atoms with Crippen LogP contribution >= 0.6 is 35.0 Å². The molecule has 4 nitrogen and oxygen atoms in total. The van der Waals surface area contributed by atoms with E-state index in [1.165, 1.54) is 0 Å². The highest BCUT2D eigenvalue weighted by molar-refractivity contribution is 8.00. The maximum Gasteiger partial charge on any atom is 0.234 e. The highest BCUT2D eigenvalue weighted by Gasteiger charge is 2.36. The second-order valence-corrected chi connectivity index (χ2v) is 7.39. The number of amides is 1. The summed E-state index contributed by atoms with van der Waals surface area (Å²) in [6.45, 7) is 0.439. The molecule has 132 valence electrons. The summed E-state index contributed by atoms with van der Waals surface area (Å²) >= 11 is 13.6. The molecule has 1 aliphatic rings. The van der Waals surface area contributed by atoms with Gasteiger partial charge in [0.1, 0.15) is 16.9 Å². The molecule has 2 aromatic rings. The molecule has 0 bridgehead atoms. The summed E-state index contributed by atoms with van der Waals surface area (Å²) in [7, 11) is 3.23. The molecule has 7 heteroatoms. The molecule has 0 radical (unpaired) electrons. The minimum absolute atomic E-state index is 0.0639. The van der Waals surface area contributed by atoms with E-state index in [1.54, 1.807) is 38.1 Å². The Labute approximate surface area is 161 Å². The number of methoxy groups -OCH3 is 2. The first-order valence-corrected chi connectivity index (χ1v) is 9.41. The van der Waals surface area contributed by atoms with Gasteiger partial charge in [-0.25, -0.2) is 0 Å². The van der Waals surface area contributed by atoms with Crippen molar-refractivity contribution in [1.82, 2.24) is 4.90 Å². The number of carbonyl (C=O) groups is 1. The number of nitrogens with zero attached hydrogens (tertiary/aromatic N) is 1. The maximum absolute atomic E-state index is 12.5. The lowest BCUT2D eigenvalue weighted by molar-refractivity contribution is -0.128. The van der Waals surface area contributed by atoms with E-state index < -0.39 is 0 Å². The average Bonchev–Trinajstić information content (AvgIpc) is 2.97. The van der Waals surface area contributed by atoms with Crippen LogP contribution in [0.4, 0.5) is 0 Å². The van der Waals surface area contributed by atoms with Crippen LogP contribution in [0.1, 0.15) is 16.5 Å². The summed E-state index contributed by atoms with van der Waals surface area (Å²) < 4.78 is 11.0. The molecule has 1 atom stereocenters. The molecule has 3 rings (SSSR count). The van der Waals surface area contributed by atoms with E-state index in [-0.39, 0.29) is 11.3 Å². The summed E-state index contributed by atoms with van der Waals surface area (Å²) in [6.07, 6.45) is 0. The quantitative estimate of drug-likeness (QED) is 0.727. The summed E-state index contributed by atoms with van der Waals surface area (Å²) in [4.78, 5) is 14.3. The van der Waals surface area contributed by atoms with Crippen molar-refractivity contribution in [2.24, 2.45) is 0 Å². The van der Waals surface area contributed by atoms with Crippen LogP contribution in [0.5, 0.6) is 11.5 Å².